The van der Waals surface area contributed by atoms with Crippen LogP contribution in [0.1, 0.15) is 34.8 Å². The molecule has 1 N–H and O–H groups in total. The van der Waals surface area contributed by atoms with E-state index in [0.717, 1.165) is 0 Å². The molecule has 0 spiro atoms. The van der Waals surface area contributed by atoms with Crippen LogP contribution in [0.4, 0.5) is 5.69 Å². The second-order valence-electron chi connectivity index (χ2n) is 5.24. The predicted octanol–water partition coefficient (Wildman–Crippen LogP) is 4.75. The largest absolute Gasteiger partial charge is 0.273 e. The molecule has 0 radical (unpaired) electrons. The summed E-state index contributed by atoms with van der Waals surface area (Å²) in [5.74, 6) is -0.542. The summed E-state index contributed by atoms with van der Waals surface area (Å²) in [4.78, 5) is 22.7. The highest BCUT2D eigenvalue weighted by atomic mass is 35.5. The van der Waals surface area contributed by atoms with Crippen LogP contribution in [0.15, 0.2) is 41.5 Å². The third-order valence-corrected chi connectivity index (χ3v) is 4.09. The van der Waals surface area contributed by atoms with Gasteiger partial charge in [-0.15, -0.1) is 0 Å². The Labute approximate surface area is 154 Å². The molecule has 0 heterocycles. The second kappa shape index (κ2) is 8.09. The number of hydrogen-bond acceptors (Lipinski definition) is 4. The number of carbonyl (C=O) groups is 1. The first-order valence-electron chi connectivity index (χ1n) is 7.40. The highest BCUT2D eigenvalue weighted by Crippen LogP contribution is 2.23. The van der Waals surface area contributed by atoms with E-state index in [9.17, 15) is 14.9 Å². The van der Waals surface area contributed by atoms with Crippen LogP contribution in [0.2, 0.25) is 10.0 Å². The van der Waals surface area contributed by atoms with Crippen LogP contribution in [0.3, 0.4) is 0 Å². The molecule has 2 aromatic rings. The number of halogens is 2. The fourth-order valence-corrected chi connectivity index (χ4v) is 2.70. The maximum absolute atomic E-state index is 12.2. The van der Waals surface area contributed by atoms with Crippen molar-refractivity contribution in [3.8, 4) is 0 Å². The number of nitrogens with one attached hydrogen (secondary N) is 1. The molecule has 25 heavy (non-hydrogen) atoms. The van der Waals surface area contributed by atoms with Crippen molar-refractivity contribution in [1.29, 1.82) is 0 Å². The van der Waals surface area contributed by atoms with E-state index in [-0.39, 0.29) is 11.3 Å². The Morgan fingerprint density at radius 1 is 1.24 bits per heavy atom. The number of carbonyl (C=O) groups excluding carboxylic acids is 1. The molecule has 0 aliphatic rings. The minimum atomic E-state index is -0.542. The Kier molecular flexibility index (Phi) is 6.12. The lowest BCUT2D eigenvalue weighted by atomic mass is 10.1. The normalized spacial score (nSPS) is 11.3. The maximum atomic E-state index is 12.2. The Bertz CT molecular complexity index is 866. The lowest BCUT2D eigenvalue weighted by molar-refractivity contribution is -0.385. The minimum Gasteiger partial charge on any atom is -0.267 e. The first-order valence-corrected chi connectivity index (χ1v) is 8.16. The third kappa shape index (κ3) is 4.55. The molecule has 0 aromatic heterocycles. The maximum Gasteiger partial charge on any atom is 0.273 e. The molecule has 0 unspecified atom stereocenters. The molecule has 0 atom stereocenters. The number of rotatable bonds is 5. The first-order chi connectivity index (χ1) is 11.8. The summed E-state index contributed by atoms with van der Waals surface area (Å²) in [7, 11) is 0. The lowest BCUT2D eigenvalue weighted by Gasteiger charge is -2.08. The molecule has 0 aliphatic carbocycles. The number of hydrogen-bond donors (Lipinski definition) is 1. The van der Waals surface area contributed by atoms with E-state index in [2.05, 4.69) is 10.5 Å². The molecule has 0 saturated heterocycles. The van der Waals surface area contributed by atoms with Crippen LogP contribution < -0.4 is 5.43 Å². The van der Waals surface area contributed by atoms with Crippen LogP contribution >= 0.6 is 23.2 Å². The average molecular weight is 380 g/mol. The number of nitrogens with zero attached hydrogens (tertiary/aromatic N) is 2. The third-order valence-electron chi connectivity index (χ3n) is 3.54. The molecule has 6 nitrogen and oxygen atoms in total. The van der Waals surface area contributed by atoms with Crippen molar-refractivity contribution in [3.63, 3.8) is 0 Å². The minimum absolute atomic E-state index is 0.118. The summed E-state index contributed by atoms with van der Waals surface area (Å²) in [6, 6.07) is 9.24. The molecule has 130 valence electrons. The molecule has 0 aliphatic heterocycles. The number of nitro benzene ring substituents is 1. The van der Waals surface area contributed by atoms with Gasteiger partial charge in [-0.1, -0.05) is 42.3 Å². The van der Waals surface area contributed by atoms with Crippen LogP contribution in [-0.4, -0.2) is 16.5 Å². The zero-order valence-electron chi connectivity index (χ0n) is 13.5. The Morgan fingerprint density at radius 2 is 1.96 bits per heavy atom. The van der Waals surface area contributed by atoms with E-state index in [0.29, 0.717) is 33.3 Å². The summed E-state index contributed by atoms with van der Waals surface area (Å²) < 4.78 is 0. The molecule has 2 aromatic carbocycles. The van der Waals surface area contributed by atoms with E-state index in [4.69, 9.17) is 23.2 Å². The predicted molar refractivity (Wildman–Crippen MR) is 98.6 cm³/mol. The topological polar surface area (TPSA) is 84.6 Å². The molecular formula is C17H15Cl2N3O3. The van der Waals surface area contributed by atoms with Crippen molar-refractivity contribution >= 4 is 40.5 Å². The molecule has 1 amide bonds. The van der Waals surface area contributed by atoms with Gasteiger partial charge in [0.15, 0.2) is 0 Å². The average Bonchev–Trinajstić information content (AvgIpc) is 2.56. The zero-order valence-corrected chi connectivity index (χ0v) is 15.1. The van der Waals surface area contributed by atoms with E-state index < -0.39 is 10.8 Å². The van der Waals surface area contributed by atoms with Crippen LogP contribution in [-0.2, 0) is 0 Å². The van der Waals surface area contributed by atoms with Crippen molar-refractivity contribution in [3.05, 3.63) is 73.2 Å². The molecule has 0 fully saturated rings. The fraction of sp³-hybridized carbons (Fsp3) is 0.176. The van der Waals surface area contributed by atoms with Gasteiger partial charge in [-0.3, -0.25) is 14.9 Å². The highest BCUT2D eigenvalue weighted by Gasteiger charge is 2.15. The number of aryl methyl sites for hydroxylation is 1. The van der Waals surface area contributed by atoms with Crippen molar-refractivity contribution < 1.29 is 9.72 Å². The van der Waals surface area contributed by atoms with Gasteiger partial charge in [0.2, 0.25) is 0 Å². The summed E-state index contributed by atoms with van der Waals surface area (Å²) >= 11 is 12.0. The quantitative estimate of drug-likeness (QED) is 0.461. The summed E-state index contributed by atoms with van der Waals surface area (Å²) in [5.41, 5.74) is 4.15. The van der Waals surface area contributed by atoms with Gasteiger partial charge in [-0.05, 0) is 31.5 Å². The van der Waals surface area contributed by atoms with Gasteiger partial charge in [0.25, 0.3) is 11.6 Å². The van der Waals surface area contributed by atoms with E-state index in [1.165, 1.54) is 18.2 Å². The summed E-state index contributed by atoms with van der Waals surface area (Å²) in [6.45, 7) is 3.47. The van der Waals surface area contributed by atoms with E-state index in [1.807, 2.05) is 6.92 Å². The Balaban J connectivity index is 2.25. The lowest BCUT2D eigenvalue weighted by Crippen LogP contribution is -2.20. The Hall–Kier alpha value is -2.44. The number of amides is 1. The monoisotopic (exact) mass is 379 g/mol. The first kappa shape index (κ1) is 18.9. The van der Waals surface area contributed by atoms with Crippen LogP contribution in [0.25, 0.3) is 0 Å². The zero-order chi connectivity index (χ0) is 18.6. The molecular weight excluding hydrogens is 365 g/mol. The van der Waals surface area contributed by atoms with Gasteiger partial charge in [-0.25, -0.2) is 5.43 Å². The van der Waals surface area contributed by atoms with Gasteiger partial charge < -0.3 is 0 Å². The van der Waals surface area contributed by atoms with Gasteiger partial charge in [0, 0.05) is 27.8 Å². The van der Waals surface area contributed by atoms with E-state index >= 15 is 0 Å². The van der Waals surface area contributed by atoms with Crippen molar-refractivity contribution in [1.82, 2.24) is 5.43 Å². The van der Waals surface area contributed by atoms with Crippen LogP contribution in [0.5, 0.6) is 0 Å². The highest BCUT2D eigenvalue weighted by molar-refractivity contribution is 6.37. The van der Waals surface area contributed by atoms with Crippen molar-refractivity contribution in [2.75, 3.05) is 0 Å². The molecule has 8 heteroatoms. The number of nitro groups is 1. The number of benzene rings is 2. The molecule has 2 rings (SSSR count). The van der Waals surface area contributed by atoms with Gasteiger partial charge >= 0.3 is 0 Å². The van der Waals surface area contributed by atoms with E-state index in [1.54, 1.807) is 25.1 Å². The smallest absolute Gasteiger partial charge is 0.267 e. The van der Waals surface area contributed by atoms with Gasteiger partial charge in [0.05, 0.1) is 15.7 Å². The molecule has 0 saturated carbocycles. The second-order valence-corrected chi connectivity index (χ2v) is 6.08. The standard InChI is InChI=1S/C17H15Cl2N3O3/c1-3-15(13-7-6-12(18)9-14(13)19)20-21-17(23)11-5-4-10(2)16(8-11)22(24)25/h4-9H,3H2,1-2H3,(H,21,23)/b20-15+. The van der Waals surface area contributed by atoms with Gasteiger partial charge in [-0.2, -0.15) is 5.10 Å². The summed E-state index contributed by atoms with van der Waals surface area (Å²) in [5, 5.41) is 16.0. The van der Waals surface area contributed by atoms with Crippen molar-refractivity contribution in [2.45, 2.75) is 20.3 Å². The van der Waals surface area contributed by atoms with Crippen molar-refractivity contribution in [2.24, 2.45) is 5.10 Å². The fourth-order valence-electron chi connectivity index (χ4n) is 2.18. The SMILES string of the molecule is CC/C(=N\NC(=O)c1ccc(C)c([N+](=O)[O-])c1)c1ccc(Cl)cc1Cl. The molecule has 0 bridgehead atoms. The number of hydrazone groups is 1. The Morgan fingerprint density at radius 3 is 2.56 bits per heavy atom. The van der Waals surface area contributed by atoms with Crippen LogP contribution in [0, 0.1) is 17.0 Å². The van der Waals surface area contributed by atoms with Gasteiger partial charge in [0.1, 0.15) is 0 Å². The summed E-state index contributed by atoms with van der Waals surface area (Å²) in [6.07, 6.45) is 0.523.